The summed E-state index contributed by atoms with van der Waals surface area (Å²) < 4.78 is 5.31. The van der Waals surface area contributed by atoms with Crippen LogP contribution in [0.4, 0.5) is 0 Å². The number of aliphatic hydroxyl groups excluding tert-OH is 2. The molecule has 1 saturated heterocycles. The molecule has 5 nitrogen and oxygen atoms in total. The van der Waals surface area contributed by atoms with Gasteiger partial charge in [0.05, 0.1) is 12.7 Å². The molecule has 1 rings (SSSR count). The lowest BCUT2D eigenvalue weighted by molar-refractivity contribution is -0.102. The molecule has 2 atom stereocenters. The van der Waals surface area contributed by atoms with Crippen molar-refractivity contribution < 1.29 is 14.9 Å². The Kier molecular flexibility index (Phi) is 3.42. The lowest BCUT2D eigenvalue weighted by Gasteiger charge is -2.31. The molecule has 72 valence electrons. The van der Waals surface area contributed by atoms with E-state index in [4.69, 9.17) is 15.6 Å². The van der Waals surface area contributed by atoms with E-state index in [1.54, 1.807) is 0 Å². The van der Waals surface area contributed by atoms with Crippen LogP contribution >= 0.6 is 0 Å². The Labute approximate surface area is 71.5 Å². The van der Waals surface area contributed by atoms with Crippen molar-refractivity contribution in [3.05, 3.63) is 0 Å². The Hall–Kier alpha value is -0.200. The molecular weight excluding hydrogens is 160 g/mol. The standard InChI is InChI=1S/C7H16N2O3/c8-5-7(6(11)1-3-10)9-2-4-12-7/h6,9-11H,1-5,8H2. The highest BCUT2D eigenvalue weighted by Crippen LogP contribution is 2.17. The van der Waals surface area contributed by atoms with E-state index in [2.05, 4.69) is 5.32 Å². The quantitative estimate of drug-likeness (QED) is 0.398. The van der Waals surface area contributed by atoms with Crippen LogP contribution < -0.4 is 11.1 Å². The molecule has 0 aromatic carbocycles. The third kappa shape index (κ3) is 1.75. The summed E-state index contributed by atoms with van der Waals surface area (Å²) in [5.41, 5.74) is 4.64. The van der Waals surface area contributed by atoms with Crippen LogP contribution in [0, 0.1) is 0 Å². The summed E-state index contributed by atoms with van der Waals surface area (Å²) in [6, 6.07) is 0. The normalized spacial score (nSPS) is 32.2. The SMILES string of the molecule is NCC1(C(O)CCO)NCCO1. The van der Waals surface area contributed by atoms with Crippen LogP contribution in [0.5, 0.6) is 0 Å². The summed E-state index contributed by atoms with van der Waals surface area (Å²) in [5, 5.41) is 21.2. The highest BCUT2D eigenvalue weighted by atomic mass is 16.5. The number of aliphatic hydroxyl groups is 2. The van der Waals surface area contributed by atoms with Gasteiger partial charge in [-0.2, -0.15) is 0 Å². The van der Waals surface area contributed by atoms with Gasteiger partial charge >= 0.3 is 0 Å². The molecule has 0 aromatic heterocycles. The number of rotatable bonds is 4. The highest BCUT2D eigenvalue weighted by Gasteiger charge is 2.40. The second kappa shape index (κ2) is 4.15. The Balaban J connectivity index is 2.52. The summed E-state index contributed by atoms with van der Waals surface area (Å²) in [6.07, 6.45) is -0.459. The van der Waals surface area contributed by atoms with Crippen LogP contribution in [0.1, 0.15) is 6.42 Å². The van der Waals surface area contributed by atoms with Crippen molar-refractivity contribution in [2.75, 3.05) is 26.3 Å². The molecule has 1 fully saturated rings. The number of hydrogen-bond acceptors (Lipinski definition) is 5. The van der Waals surface area contributed by atoms with Gasteiger partial charge in [-0.1, -0.05) is 0 Å². The second-order valence-electron chi connectivity index (χ2n) is 2.90. The van der Waals surface area contributed by atoms with Gasteiger partial charge in [0.1, 0.15) is 0 Å². The smallest absolute Gasteiger partial charge is 0.157 e. The first-order chi connectivity index (χ1) is 5.75. The average molecular weight is 176 g/mol. The first kappa shape index (κ1) is 9.88. The van der Waals surface area contributed by atoms with Gasteiger partial charge in [0, 0.05) is 26.1 Å². The average Bonchev–Trinajstić information content (AvgIpc) is 2.54. The summed E-state index contributed by atoms with van der Waals surface area (Å²) in [7, 11) is 0. The van der Waals surface area contributed by atoms with Crippen LogP contribution in [0.3, 0.4) is 0 Å². The molecular formula is C7H16N2O3. The van der Waals surface area contributed by atoms with Crippen molar-refractivity contribution in [1.29, 1.82) is 0 Å². The molecule has 2 unspecified atom stereocenters. The largest absolute Gasteiger partial charge is 0.396 e. The number of hydrogen-bond donors (Lipinski definition) is 4. The van der Waals surface area contributed by atoms with Gasteiger partial charge < -0.3 is 20.7 Å². The molecule has 0 radical (unpaired) electrons. The summed E-state index contributed by atoms with van der Waals surface area (Å²) in [4.78, 5) is 0. The predicted molar refractivity (Wildman–Crippen MR) is 43.4 cm³/mol. The minimum atomic E-state index is -0.831. The van der Waals surface area contributed by atoms with Gasteiger partial charge in [-0.25, -0.2) is 0 Å². The molecule has 1 aliphatic rings. The van der Waals surface area contributed by atoms with Crippen LogP contribution in [0.25, 0.3) is 0 Å². The van der Waals surface area contributed by atoms with Gasteiger partial charge in [0.2, 0.25) is 0 Å². The predicted octanol–water partition coefficient (Wildman–Crippen LogP) is -2.00. The number of ether oxygens (including phenoxy) is 1. The molecule has 5 N–H and O–H groups in total. The topological polar surface area (TPSA) is 87.7 Å². The number of nitrogens with two attached hydrogens (primary N) is 1. The molecule has 1 aliphatic heterocycles. The van der Waals surface area contributed by atoms with Gasteiger partial charge in [-0.15, -0.1) is 0 Å². The van der Waals surface area contributed by atoms with Crippen LogP contribution in [-0.4, -0.2) is 48.3 Å². The lowest BCUT2D eigenvalue weighted by atomic mass is 10.0. The first-order valence-corrected chi connectivity index (χ1v) is 4.13. The number of nitrogens with one attached hydrogen (secondary N) is 1. The van der Waals surface area contributed by atoms with Crippen LogP contribution in [0.2, 0.25) is 0 Å². The molecule has 0 bridgehead atoms. The Bertz CT molecular complexity index is 137. The minimum absolute atomic E-state index is 0.0616. The zero-order valence-corrected chi connectivity index (χ0v) is 6.99. The fourth-order valence-electron chi connectivity index (χ4n) is 1.38. The van der Waals surface area contributed by atoms with Crippen LogP contribution in [-0.2, 0) is 4.74 Å². The zero-order valence-electron chi connectivity index (χ0n) is 6.99. The van der Waals surface area contributed by atoms with Crippen molar-refractivity contribution >= 4 is 0 Å². The van der Waals surface area contributed by atoms with E-state index in [9.17, 15) is 5.11 Å². The first-order valence-electron chi connectivity index (χ1n) is 4.13. The summed E-state index contributed by atoms with van der Waals surface area (Å²) in [5.74, 6) is 0. The van der Waals surface area contributed by atoms with Crippen LogP contribution in [0.15, 0.2) is 0 Å². The van der Waals surface area contributed by atoms with E-state index in [-0.39, 0.29) is 19.6 Å². The lowest BCUT2D eigenvalue weighted by Crippen LogP contribution is -2.57. The fraction of sp³-hybridized carbons (Fsp3) is 1.00. The van der Waals surface area contributed by atoms with Gasteiger partial charge in [0.25, 0.3) is 0 Å². The Morgan fingerprint density at radius 2 is 2.42 bits per heavy atom. The maximum atomic E-state index is 9.57. The van der Waals surface area contributed by atoms with Crippen molar-refractivity contribution in [1.82, 2.24) is 5.32 Å². The molecule has 12 heavy (non-hydrogen) atoms. The van der Waals surface area contributed by atoms with E-state index >= 15 is 0 Å². The van der Waals surface area contributed by atoms with Gasteiger partial charge in [-0.05, 0) is 0 Å². The van der Waals surface area contributed by atoms with E-state index < -0.39 is 11.8 Å². The maximum absolute atomic E-state index is 9.57. The van der Waals surface area contributed by atoms with Gasteiger partial charge in [-0.3, -0.25) is 5.32 Å². The Morgan fingerprint density at radius 1 is 1.67 bits per heavy atom. The van der Waals surface area contributed by atoms with E-state index in [0.717, 1.165) is 0 Å². The van der Waals surface area contributed by atoms with E-state index in [1.165, 1.54) is 0 Å². The molecule has 0 spiro atoms. The minimum Gasteiger partial charge on any atom is -0.396 e. The molecule has 5 heteroatoms. The summed E-state index contributed by atoms with van der Waals surface area (Å²) in [6.45, 7) is 1.40. The molecule has 0 amide bonds. The molecule has 0 saturated carbocycles. The van der Waals surface area contributed by atoms with E-state index in [1.807, 2.05) is 0 Å². The third-order valence-corrected chi connectivity index (χ3v) is 2.13. The fourth-order valence-corrected chi connectivity index (χ4v) is 1.38. The maximum Gasteiger partial charge on any atom is 0.157 e. The van der Waals surface area contributed by atoms with Crippen molar-refractivity contribution in [3.63, 3.8) is 0 Å². The third-order valence-electron chi connectivity index (χ3n) is 2.13. The van der Waals surface area contributed by atoms with Gasteiger partial charge in [0.15, 0.2) is 5.72 Å². The molecule has 0 aliphatic carbocycles. The zero-order chi connectivity index (χ0) is 9.03. The highest BCUT2D eigenvalue weighted by molar-refractivity contribution is 4.90. The summed E-state index contributed by atoms with van der Waals surface area (Å²) >= 11 is 0. The molecule has 1 heterocycles. The monoisotopic (exact) mass is 176 g/mol. The van der Waals surface area contributed by atoms with Crippen molar-refractivity contribution in [2.45, 2.75) is 18.2 Å². The van der Waals surface area contributed by atoms with E-state index in [0.29, 0.717) is 13.2 Å². The second-order valence-corrected chi connectivity index (χ2v) is 2.90. The Morgan fingerprint density at radius 3 is 2.83 bits per heavy atom. The van der Waals surface area contributed by atoms with Crippen molar-refractivity contribution in [2.24, 2.45) is 5.73 Å². The van der Waals surface area contributed by atoms with Crippen molar-refractivity contribution in [3.8, 4) is 0 Å². The molecule has 0 aromatic rings.